The van der Waals surface area contributed by atoms with E-state index in [4.69, 9.17) is 4.42 Å². The smallest absolute Gasteiger partial charge is 0.251 e. The van der Waals surface area contributed by atoms with Gasteiger partial charge < -0.3 is 9.73 Å². The van der Waals surface area contributed by atoms with Crippen molar-refractivity contribution < 1.29 is 9.21 Å². The Morgan fingerprint density at radius 2 is 2.46 bits per heavy atom. The fraction of sp³-hybridized carbons (Fsp3) is 0.100. The summed E-state index contributed by atoms with van der Waals surface area (Å²) < 4.78 is 4.97. The maximum atomic E-state index is 11.2. The summed E-state index contributed by atoms with van der Waals surface area (Å²) in [7, 11) is 1.60. The van der Waals surface area contributed by atoms with Crippen molar-refractivity contribution in [3.8, 4) is 11.1 Å². The molecule has 0 bridgehead atoms. The summed E-state index contributed by atoms with van der Waals surface area (Å²) in [5.74, 6) is -0.129. The molecule has 0 spiro atoms. The molecule has 65 valence electrons. The SMILES string of the molecule is CNC(=O)c1[c]c2ccocc-2c1. The number of carbonyl (C=O) groups is 1. The molecule has 0 unspecified atom stereocenters. The maximum absolute atomic E-state index is 11.2. The summed E-state index contributed by atoms with van der Waals surface area (Å²) in [5, 5.41) is 2.54. The third-order valence-corrected chi connectivity index (χ3v) is 1.86. The highest BCUT2D eigenvalue weighted by Gasteiger charge is 2.11. The van der Waals surface area contributed by atoms with E-state index in [-0.39, 0.29) is 5.91 Å². The molecule has 1 heterocycles. The zero-order valence-corrected chi connectivity index (χ0v) is 7.13. The molecule has 1 radical (unpaired) electrons. The van der Waals surface area contributed by atoms with Gasteiger partial charge in [0.15, 0.2) is 0 Å². The minimum Gasteiger partial charge on any atom is -0.472 e. The first kappa shape index (κ1) is 7.86. The van der Waals surface area contributed by atoms with E-state index < -0.39 is 0 Å². The molecule has 2 aliphatic rings. The summed E-state index contributed by atoms with van der Waals surface area (Å²) in [6, 6.07) is 6.50. The molecule has 0 fully saturated rings. The summed E-state index contributed by atoms with van der Waals surface area (Å²) in [6.07, 6.45) is 3.16. The second-order valence-corrected chi connectivity index (χ2v) is 2.69. The van der Waals surface area contributed by atoms with Gasteiger partial charge in [0.25, 0.3) is 5.91 Å². The molecule has 2 rings (SSSR count). The van der Waals surface area contributed by atoms with Crippen molar-refractivity contribution in [2.45, 2.75) is 0 Å². The van der Waals surface area contributed by atoms with Gasteiger partial charge in [-0.2, -0.15) is 0 Å². The second-order valence-electron chi connectivity index (χ2n) is 2.69. The van der Waals surface area contributed by atoms with Crippen LogP contribution in [0.1, 0.15) is 10.4 Å². The molecule has 1 aliphatic carbocycles. The average molecular weight is 174 g/mol. The predicted octanol–water partition coefficient (Wildman–Crippen LogP) is 1.54. The molecule has 13 heavy (non-hydrogen) atoms. The maximum Gasteiger partial charge on any atom is 0.251 e. The number of hydrogen-bond acceptors (Lipinski definition) is 2. The Kier molecular flexibility index (Phi) is 1.77. The van der Waals surface area contributed by atoms with Crippen LogP contribution in [0, 0.1) is 6.07 Å². The quantitative estimate of drug-likeness (QED) is 0.712. The van der Waals surface area contributed by atoms with Crippen LogP contribution in [-0.4, -0.2) is 13.0 Å². The van der Waals surface area contributed by atoms with Crippen molar-refractivity contribution in [2.75, 3.05) is 7.05 Å². The fourth-order valence-corrected chi connectivity index (χ4v) is 1.20. The third kappa shape index (κ3) is 1.28. The Morgan fingerprint density at radius 3 is 3.15 bits per heavy atom. The molecular formula is C10H8NO2. The van der Waals surface area contributed by atoms with Crippen molar-refractivity contribution >= 4 is 5.91 Å². The highest BCUT2D eigenvalue weighted by Crippen LogP contribution is 2.24. The van der Waals surface area contributed by atoms with Gasteiger partial charge in [-0.05, 0) is 17.7 Å². The Hall–Kier alpha value is -1.77. The molecule has 0 aromatic rings. The van der Waals surface area contributed by atoms with E-state index in [9.17, 15) is 4.79 Å². The molecule has 3 heteroatoms. The van der Waals surface area contributed by atoms with Crippen molar-refractivity contribution in [3.05, 3.63) is 36.3 Å². The molecule has 1 aliphatic heterocycles. The van der Waals surface area contributed by atoms with Crippen LogP contribution in [0.5, 0.6) is 0 Å². The lowest BCUT2D eigenvalue weighted by Gasteiger charge is -1.91. The Labute approximate surface area is 75.7 Å². The van der Waals surface area contributed by atoms with Gasteiger partial charge in [0.2, 0.25) is 0 Å². The van der Waals surface area contributed by atoms with E-state index in [0.29, 0.717) is 5.56 Å². The van der Waals surface area contributed by atoms with Crippen molar-refractivity contribution in [3.63, 3.8) is 0 Å². The molecule has 0 atom stereocenters. The van der Waals surface area contributed by atoms with Gasteiger partial charge in [-0.25, -0.2) is 0 Å². The average Bonchev–Trinajstić information content (AvgIpc) is 2.59. The van der Waals surface area contributed by atoms with Gasteiger partial charge >= 0.3 is 0 Å². The lowest BCUT2D eigenvalue weighted by atomic mass is 10.2. The van der Waals surface area contributed by atoms with Crippen molar-refractivity contribution in [1.82, 2.24) is 5.32 Å². The molecule has 3 nitrogen and oxygen atoms in total. The summed E-state index contributed by atoms with van der Waals surface area (Å²) in [6.45, 7) is 0. The fourth-order valence-electron chi connectivity index (χ4n) is 1.20. The molecule has 0 saturated heterocycles. The number of carbonyl (C=O) groups excluding carboxylic acids is 1. The Balaban J connectivity index is 2.51. The first-order valence-corrected chi connectivity index (χ1v) is 3.91. The van der Waals surface area contributed by atoms with Crippen LogP contribution >= 0.6 is 0 Å². The number of amides is 1. The van der Waals surface area contributed by atoms with E-state index in [2.05, 4.69) is 11.4 Å². The molecule has 1 N–H and O–H groups in total. The molecule has 0 aromatic carbocycles. The van der Waals surface area contributed by atoms with Gasteiger partial charge in [-0.1, -0.05) is 0 Å². The van der Waals surface area contributed by atoms with Gasteiger partial charge in [0, 0.05) is 24.2 Å². The minimum atomic E-state index is -0.129. The normalized spacial score (nSPS) is 10.2. The van der Waals surface area contributed by atoms with Crippen molar-refractivity contribution in [2.24, 2.45) is 0 Å². The standard InChI is InChI=1S/C10H8NO2/c1-11-10(12)8-4-7-2-3-13-6-9(7)5-8/h2-3,5-6H,1H3,(H,11,12). The molecular weight excluding hydrogens is 166 g/mol. The van der Waals surface area contributed by atoms with Crippen LogP contribution < -0.4 is 5.32 Å². The monoisotopic (exact) mass is 174 g/mol. The van der Waals surface area contributed by atoms with E-state index in [1.54, 1.807) is 31.7 Å². The lowest BCUT2D eigenvalue weighted by Crippen LogP contribution is -2.16. The first-order chi connectivity index (χ1) is 6.31. The zero-order chi connectivity index (χ0) is 9.26. The molecule has 0 aromatic heterocycles. The largest absolute Gasteiger partial charge is 0.472 e. The van der Waals surface area contributed by atoms with Crippen molar-refractivity contribution in [1.29, 1.82) is 0 Å². The van der Waals surface area contributed by atoms with E-state index in [1.807, 2.05) is 0 Å². The van der Waals surface area contributed by atoms with Crippen LogP contribution in [0.4, 0.5) is 0 Å². The topological polar surface area (TPSA) is 42.2 Å². The van der Waals surface area contributed by atoms with Gasteiger partial charge in [-0.15, -0.1) is 0 Å². The number of fused-ring (bicyclic) bond motifs is 1. The Bertz CT molecular complexity index is 375. The first-order valence-electron chi connectivity index (χ1n) is 3.91. The van der Waals surface area contributed by atoms with Crippen LogP contribution in [0.3, 0.4) is 0 Å². The highest BCUT2D eigenvalue weighted by molar-refractivity contribution is 5.97. The van der Waals surface area contributed by atoms with Crippen LogP contribution in [0.2, 0.25) is 0 Å². The third-order valence-electron chi connectivity index (χ3n) is 1.86. The number of rotatable bonds is 1. The Morgan fingerprint density at radius 1 is 1.62 bits per heavy atom. The van der Waals surface area contributed by atoms with Gasteiger partial charge in [-0.3, -0.25) is 4.79 Å². The lowest BCUT2D eigenvalue weighted by molar-refractivity contribution is 0.0963. The second kappa shape index (κ2) is 2.94. The van der Waals surface area contributed by atoms with Crippen LogP contribution in [0.25, 0.3) is 11.1 Å². The molecule has 1 amide bonds. The van der Waals surface area contributed by atoms with E-state index in [1.165, 1.54) is 0 Å². The predicted molar refractivity (Wildman–Crippen MR) is 47.6 cm³/mol. The van der Waals surface area contributed by atoms with Gasteiger partial charge in [0.05, 0.1) is 12.5 Å². The van der Waals surface area contributed by atoms with Crippen LogP contribution in [0.15, 0.2) is 29.1 Å². The van der Waals surface area contributed by atoms with E-state index in [0.717, 1.165) is 11.1 Å². The summed E-state index contributed by atoms with van der Waals surface area (Å²) >= 11 is 0. The highest BCUT2D eigenvalue weighted by atomic mass is 16.3. The van der Waals surface area contributed by atoms with Crippen LogP contribution in [-0.2, 0) is 0 Å². The van der Waals surface area contributed by atoms with E-state index >= 15 is 0 Å². The number of hydrogen-bond donors (Lipinski definition) is 1. The van der Waals surface area contributed by atoms with Gasteiger partial charge in [0.1, 0.15) is 0 Å². The zero-order valence-electron chi connectivity index (χ0n) is 7.13. The summed E-state index contributed by atoms with van der Waals surface area (Å²) in [4.78, 5) is 11.2. The number of nitrogens with one attached hydrogen (secondary N) is 1. The summed E-state index contributed by atoms with van der Waals surface area (Å²) in [5.41, 5.74) is 2.32. The minimum absolute atomic E-state index is 0.129. The molecule has 0 saturated carbocycles.